The molecule has 0 aliphatic rings. The summed E-state index contributed by atoms with van der Waals surface area (Å²) >= 11 is 0. The summed E-state index contributed by atoms with van der Waals surface area (Å²) in [7, 11) is 1.91. The predicted molar refractivity (Wildman–Crippen MR) is 85.1 cm³/mol. The zero-order valence-electron chi connectivity index (χ0n) is 12.8. The summed E-state index contributed by atoms with van der Waals surface area (Å²) in [5.41, 5.74) is 5.26. The highest BCUT2D eigenvalue weighted by molar-refractivity contribution is 6.00. The summed E-state index contributed by atoms with van der Waals surface area (Å²) in [6.07, 6.45) is 0. The van der Waals surface area contributed by atoms with E-state index in [1.165, 1.54) is 0 Å². The highest BCUT2D eigenvalue weighted by Crippen LogP contribution is 2.29. The average Bonchev–Trinajstić information content (AvgIpc) is 2.44. The number of carbonyl (C=O) groups is 1. The van der Waals surface area contributed by atoms with Gasteiger partial charge in [-0.15, -0.1) is 0 Å². The SMILES string of the molecule is CC(=O)c1ccc(C#N)cc1N(C)c1cc(C)cc(C)c1. The third kappa shape index (κ3) is 3.11. The van der Waals surface area contributed by atoms with Crippen LogP contribution in [0.2, 0.25) is 0 Å². The second kappa shape index (κ2) is 5.80. The fourth-order valence-electron chi connectivity index (χ4n) is 2.46. The van der Waals surface area contributed by atoms with Crippen LogP contribution < -0.4 is 4.90 Å². The molecule has 0 aliphatic heterocycles. The second-order valence-electron chi connectivity index (χ2n) is 5.30. The van der Waals surface area contributed by atoms with Crippen LogP contribution in [0.15, 0.2) is 36.4 Å². The molecule has 0 aliphatic carbocycles. The number of rotatable bonds is 3. The van der Waals surface area contributed by atoms with Crippen molar-refractivity contribution in [2.75, 3.05) is 11.9 Å². The molecule has 2 aromatic rings. The highest BCUT2D eigenvalue weighted by atomic mass is 16.1. The number of carbonyl (C=O) groups excluding carboxylic acids is 1. The van der Waals surface area contributed by atoms with Crippen LogP contribution >= 0.6 is 0 Å². The van der Waals surface area contributed by atoms with Crippen molar-refractivity contribution in [3.8, 4) is 6.07 Å². The number of benzene rings is 2. The number of nitriles is 1. The van der Waals surface area contributed by atoms with E-state index in [9.17, 15) is 4.79 Å². The van der Waals surface area contributed by atoms with Crippen LogP contribution in [0.3, 0.4) is 0 Å². The molecule has 3 heteroatoms. The summed E-state index contributed by atoms with van der Waals surface area (Å²) in [5.74, 6) is -0.00860. The van der Waals surface area contributed by atoms with Gasteiger partial charge in [0, 0.05) is 18.3 Å². The lowest BCUT2D eigenvalue weighted by Gasteiger charge is -2.23. The number of nitrogens with zero attached hydrogens (tertiary/aromatic N) is 2. The van der Waals surface area contributed by atoms with E-state index in [1.807, 2.05) is 25.8 Å². The van der Waals surface area contributed by atoms with Gasteiger partial charge in [0.25, 0.3) is 0 Å². The highest BCUT2D eigenvalue weighted by Gasteiger charge is 2.14. The van der Waals surface area contributed by atoms with Crippen molar-refractivity contribution < 1.29 is 4.79 Å². The third-order valence-electron chi connectivity index (χ3n) is 3.46. The first-order valence-corrected chi connectivity index (χ1v) is 6.79. The maximum absolute atomic E-state index is 11.8. The first-order valence-electron chi connectivity index (χ1n) is 6.79. The van der Waals surface area contributed by atoms with Gasteiger partial charge < -0.3 is 4.90 Å². The molecule has 0 saturated heterocycles. The van der Waals surface area contributed by atoms with E-state index in [4.69, 9.17) is 5.26 Å². The van der Waals surface area contributed by atoms with Crippen LogP contribution in [-0.4, -0.2) is 12.8 Å². The second-order valence-corrected chi connectivity index (χ2v) is 5.30. The lowest BCUT2D eigenvalue weighted by molar-refractivity contribution is 0.101. The normalized spacial score (nSPS) is 10.0. The fraction of sp³-hybridized carbons (Fsp3) is 0.222. The molecule has 2 aromatic carbocycles. The Kier molecular flexibility index (Phi) is 4.09. The van der Waals surface area contributed by atoms with E-state index in [0.717, 1.165) is 22.5 Å². The summed E-state index contributed by atoms with van der Waals surface area (Å²) in [4.78, 5) is 13.8. The quantitative estimate of drug-likeness (QED) is 0.792. The van der Waals surface area contributed by atoms with Crippen molar-refractivity contribution in [2.45, 2.75) is 20.8 Å². The zero-order chi connectivity index (χ0) is 15.6. The van der Waals surface area contributed by atoms with Crippen LogP contribution in [0.4, 0.5) is 11.4 Å². The van der Waals surface area contributed by atoms with Crippen molar-refractivity contribution in [3.05, 3.63) is 58.7 Å². The monoisotopic (exact) mass is 278 g/mol. The molecule has 0 spiro atoms. The molecule has 0 bridgehead atoms. The maximum Gasteiger partial charge on any atom is 0.161 e. The number of aryl methyl sites for hydroxylation is 2. The fourth-order valence-corrected chi connectivity index (χ4v) is 2.46. The Hall–Kier alpha value is -2.60. The van der Waals surface area contributed by atoms with Crippen LogP contribution in [0.1, 0.15) is 34.0 Å². The van der Waals surface area contributed by atoms with Crippen LogP contribution in [-0.2, 0) is 0 Å². The van der Waals surface area contributed by atoms with Gasteiger partial charge in [0.2, 0.25) is 0 Å². The van der Waals surface area contributed by atoms with Gasteiger partial charge in [-0.2, -0.15) is 5.26 Å². The topological polar surface area (TPSA) is 44.1 Å². The summed E-state index contributed by atoms with van der Waals surface area (Å²) in [6, 6.07) is 13.5. The first-order chi connectivity index (χ1) is 9.92. The van der Waals surface area contributed by atoms with Crippen LogP contribution in [0.25, 0.3) is 0 Å². The molecule has 0 N–H and O–H groups in total. The standard InChI is InChI=1S/C18H18N2O/c1-12-7-13(2)9-16(8-12)20(4)18-10-15(11-19)5-6-17(18)14(3)21/h5-10H,1-4H3. The summed E-state index contributed by atoms with van der Waals surface area (Å²) in [6.45, 7) is 5.63. The molecular formula is C18H18N2O. The number of hydrogen-bond donors (Lipinski definition) is 0. The predicted octanol–water partition coefficient (Wildman–Crippen LogP) is 4.15. The molecule has 0 aromatic heterocycles. The van der Waals surface area contributed by atoms with E-state index < -0.39 is 0 Å². The Bertz CT molecular complexity index is 721. The number of ketones is 1. The minimum atomic E-state index is -0.00860. The third-order valence-corrected chi connectivity index (χ3v) is 3.46. The Morgan fingerprint density at radius 3 is 2.24 bits per heavy atom. The Balaban J connectivity index is 2.58. The van der Waals surface area contributed by atoms with E-state index in [-0.39, 0.29) is 5.78 Å². The lowest BCUT2D eigenvalue weighted by atomic mass is 10.0. The number of hydrogen-bond acceptors (Lipinski definition) is 3. The van der Waals surface area contributed by atoms with Crippen molar-refractivity contribution in [1.82, 2.24) is 0 Å². The van der Waals surface area contributed by atoms with Crippen molar-refractivity contribution in [1.29, 1.82) is 5.26 Å². The molecule has 0 atom stereocenters. The smallest absolute Gasteiger partial charge is 0.161 e. The van der Waals surface area contributed by atoms with Crippen LogP contribution in [0, 0.1) is 25.2 Å². The Morgan fingerprint density at radius 2 is 1.71 bits per heavy atom. The average molecular weight is 278 g/mol. The van der Waals surface area contributed by atoms with Gasteiger partial charge in [-0.1, -0.05) is 6.07 Å². The number of anilines is 2. The molecule has 0 unspecified atom stereocenters. The molecule has 2 rings (SSSR count). The molecule has 0 fully saturated rings. The van der Waals surface area contributed by atoms with Gasteiger partial charge in [-0.25, -0.2) is 0 Å². The van der Waals surface area contributed by atoms with Crippen molar-refractivity contribution in [2.24, 2.45) is 0 Å². The lowest BCUT2D eigenvalue weighted by Crippen LogP contribution is -2.14. The van der Waals surface area contributed by atoms with E-state index in [2.05, 4.69) is 24.3 Å². The molecule has 21 heavy (non-hydrogen) atoms. The Labute approximate surface area is 125 Å². The van der Waals surface area contributed by atoms with Crippen molar-refractivity contribution >= 4 is 17.2 Å². The first kappa shape index (κ1) is 14.8. The summed E-state index contributed by atoms with van der Waals surface area (Å²) < 4.78 is 0. The van der Waals surface area contributed by atoms with E-state index in [1.54, 1.807) is 25.1 Å². The van der Waals surface area contributed by atoms with E-state index in [0.29, 0.717) is 11.1 Å². The minimum Gasteiger partial charge on any atom is -0.344 e. The molecule has 0 amide bonds. The van der Waals surface area contributed by atoms with Crippen LogP contribution in [0.5, 0.6) is 0 Å². The largest absolute Gasteiger partial charge is 0.344 e. The molecule has 3 nitrogen and oxygen atoms in total. The van der Waals surface area contributed by atoms with Gasteiger partial charge in [0.1, 0.15) is 0 Å². The molecule has 0 radical (unpaired) electrons. The van der Waals surface area contributed by atoms with Gasteiger partial charge >= 0.3 is 0 Å². The molecule has 0 saturated carbocycles. The van der Waals surface area contributed by atoms with Gasteiger partial charge in [-0.05, 0) is 62.2 Å². The minimum absolute atomic E-state index is 0.00860. The summed E-state index contributed by atoms with van der Waals surface area (Å²) in [5, 5.41) is 9.08. The Morgan fingerprint density at radius 1 is 1.10 bits per heavy atom. The zero-order valence-corrected chi connectivity index (χ0v) is 12.8. The van der Waals surface area contributed by atoms with Gasteiger partial charge in [0.15, 0.2) is 5.78 Å². The van der Waals surface area contributed by atoms with Crippen molar-refractivity contribution in [3.63, 3.8) is 0 Å². The molecule has 106 valence electrons. The molecule has 0 heterocycles. The van der Waals surface area contributed by atoms with E-state index >= 15 is 0 Å². The molecular weight excluding hydrogens is 260 g/mol. The maximum atomic E-state index is 11.8. The number of Topliss-reactive ketones (excluding diaryl/α,β-unsaturated/α-hetero) is 1. The van der Waals surface area contributed by atoms with Gasteiger partial charge in [0.05, 0.1) is 17.3 Å². The van der Waals surface area contributed by atoms with Gasteiger partial charge in [-0.3, -0.25) is 4.79 Å².